The summed E-state index contributed by atoms with van der Waals surface area (Å²) in [6.45, 7) is -0.342. The highest BCUT2D eigenvalue weighted by Gasteiger charge is 2.60. The standard InChI is InChI=1S/C19H17N3O6/c20-14(25)9-21-16(10-6-7-12(23)13(24)8-10)15-17(28-21)19(27)22(18(15)26)11-4-2-1-3-5-11/h1-8,15-17,23-24H,9H2,(H2,20,25). The molecule has 0 bridgehead atoms. The van der Waals surface area contributed by atoms with Crippen LogP contribution in [-0.2, 0) is 19.2 Å². The van der Waals surface area contributed by atoms with Crippen LogP contribution in [0.1, 0.15) is 11.6 Å². The third-order valence-electron chi connectivity index (χ3n) is 4.86. The summed E-state index contributed by atoms with van der Waals surface area (Å²) < 4.78 is 0. The minimum Gasteiger partial charge on any atom is -0.504 e. The molecule has 2 aromatic carbocycles. The van der Waals surface area contributed by atoms with Crippen LogP contribution < -0.4 is 10.6 Å². The van der Waals surface area contributed by atoms with E-state index in [-0.39, 0.29) is 12.3 Å². The lowest BCUT2D eigenvalue weighted by molar-refractivity contribution is -0.175. The number of hydroxylamine groups is 2. The molecule has 0 saturated carbocycles. The first-order valence-electron chi connectivity index (χ1n) is 8.55. The maximum absolute atomic E-state index is 13.1. The van der Waals surface area contributed by atoms with Gasteiger partial charge < -0.3 is 15.9 Å². The van der Waals surface area contributed by atoms with Crippen molar-refractivity contribution in [3.63, 3.8) is 0 Å². The molecule has 28 heavy (non-hydrogen) atoms. The molecule has 3 atom stereocenters. The number of primary amides is 1. The summed E-state index contributed by atoms with van der Waals surface area (Å²) in [5.74, 6) is -3.38. The molecule has 4 N–H and O–H groups in total. The normalized spacial score (nSPS) is 24.6. The van der Waals surface area contributed by atoms with Crippen molar-refractivity contribution < 1.29 is 29.4 Å². The van der Waals surface area contributed by atoms with Gasteiger partial charge in [0.05, 0.1) is 17.6 Å². The van der Waals surface area contributed by atoms with E-state index in [1.54, 1.807) is 30.3 Å². The summed E-state index contributed by atoms with van der Waals surface area (Å²) in [7, 11) is 0. The fraction of sp³-hybridized carbons (Fsp3) is 0.211. The van der Waals surface area contributed by atoms with Crippen molar-refractivity contribution in [2.24, 2.45) is 11.7 Å². The van der Waals surface area contributed by atoms with Gasteiger partial charge in [0.1, 0.15) is 6.54 Å². The maximum atomic E-state index is 13.1. The number of fused-ring (bicyclic) bond motifs is 1. The molecule has 2 aliphatic heterocycles. The number of hydrogen-bond acceptors (Lipinski definition) is 7. The lowest BCUT2D eigenvalue weighted by Crippen LogP contribution is -2.40. The highest BCUT2D eigenvalue weighted by Crippen LogP contribution is 2.46. The molecular weight excluding hydrogens is 366 g/mol. The van der Waals surface area contributed by atoms with Gasteiger partial charge in [0, 0.05) is 0 Å². The quantitative estimate of drug-likeness (QED) is 0.515. The van der Waals surface area contributed by atoms with Crippen LogP contribution in [0.15, 0.2) is 48.5 Å². The minimum absolute atomic E-state index is 0.333. The Hall–Kier alpha value is -3.43. The van der Waals surface area contributed by atoms with Crippen molar-refractivity contribution in [2.75, 3.05) is 11.4 Å². The number of phenolic OH excluding ortho intramolecular Hbond substituents is 2. The van der Waals surface area contributed by atoms with Crippen LogP contribution in [-0.4, -0.2) is 45.6 Å². The number of carbonyl (C=O) groups excluding carboxylic acids is 3. The highest BCUT2D eigenvalue weighted by atomic mass is 16.7. The number of nitrogens with zero attached hydrogens (tertiary/aromatic N) is 2. The van der Waals surface area contributed by atoms with E-state index < -0.39 is 41.5 Å². The fourth-order valence-corrected chi connectivity index (χ4v) is 3.69. The Morgan fingerprint density at radius 1 is 1.04 bits per heavy atom. The topological polar surface area (TPSA) is 133 Å². The number of benzene rings is 2. The summed E-state index contributed by atoms with van der Waals surface area (Å²) in [6.07, 6.45) is -1.12. The fourth-order valence-electron chi connectivity index (χ4n) is 3.69. The number of imide groups is 1. The molecule has 2 aromatic rings. The van der Waals surface area contributed by atoms with Crippen LogP contribution in [0.4, 0.5) is 5.69 Å². The summed E-state index contributed by atoms with van der Waals surface area (Å²) in [6, 6.07) is 11.6. The van der Waals surface area contributed by atoms with E-state index >= 15 is 0 Å². The van der Waals surface area contributed by atoms with Crippen molar-refractivity contribution in [3.8, 4) is 11.5 Å². The van der Waals surface area contributed by atoms with Crippen molar-refractivity contribution in [1.82, 2.24) is 5.06 Å². The Morgan fingerprint density at radius 2 is 1.75 bits per heavy atom. The van der Waals surface area contributed by atoms with Gasteiger partial charge >= 0.3 is 0 Å². The molecule has 0 aromatic heterocycles. The number of hydrogen-bond donors (Lipinski definition) is 3. The average Bonchev–Trinajstić information content (AvgIpc) is 3.13. The zero-order chi connectivity index (χ0) is 20.0. The number of rotatable bonds is 4. The zero-order valence-corrected chi connectivity index (χ0v) is 14.6. The summed E-state index contributed by atoms with van der Waals surface area (Å²) in [4.78, 5) is 44.2. The lowest BCUT2D eigenvalue weighted by atomic mass is 9.90. The number of anilines is 1. The first-order valence-corrected chi connectivity index (χ1v) is 8.55. The van der Waals surface area contributed by atoms with E-state index in [4.69, 9.17) is 10.6 Å². The van der Waals surface area contributed by atoms with Crippen LogP contribution in [0.2, 0.25) is 0 Å². The molecule has 0 spiro atoms. The molecule has 4 rings (SSSR count). The van der Waals surface area contributed by atoms with Gasteiger partial charge in [-0.3, -0.25) is 19.2 Å². The summed E-state index contributed by atoms with van der Waals surface area (Å²) in [5.41, 5.74) is 6.10. The molecule has 2 aliphatic rings. The molecule has 3 unspecified atom stereocenters. The van der Waals surface area contributed by atoms with Crippen LogP contribution in [0.3, 0.4) is 0 Å². The van der Waals surface area contributed by atoms with E-state index in [1.807, 2.05) is 0 Å². The predicted octanol–water partition coefficient (Wildman–Crippen LogP) is 0.430. The van der Waals surface area contributed by atoms with Gasteiger partial charge in [-0.05, 0) is 29.8 Å². The Labute approximate surface area is 159 Å². The molecule has 144 valence electrons. The third kappa shape index (κ3) is 2.77. The van der Waals surface area contributed by atoms with Crippen LogP contribution >= 0.6 is 0 Å². The molecule has 9 heteroatoms. The number of aromatic hydroxyl groups is 2. The molecule has 0 radical (unpaired) electrons. The molecule has 2 saturated heterocycles. The van der Waals surface area contributed by atoms with Gasteiger partial charge in [0.15, 0.2) is 17.6 Å². The molecule has 2 heterocycles. The number of amides is 3. The number of phenols is 2. The van der Waals surface area contributed by atoms with Gasteiger partial charge in [0.25, 0.3) is 5.91 Å². The molecule has 0 aliphatic carbocycles. The van der Waals surface area contributed by atoms with Crippen molar-refractivity contribution in [1.29, 1.82) is 0 Å². The van der Waals surface area contributed by atoms with Gasteiger partial charge in [0.2, 0.25) is 11.8 Å². The van der Waals surface area contributed by atoms with Gasteiger partial charge in [-0.15, -0.1) is 0 Å². The van der Waals surface area contributed by atoms with Crippen molar-refractivity contribution in [3.05, 3.63) is 54.1 Å². The smallest absolute Gasteiger partial charge is 0.265 e. The first kappa shape index (κ1) is 18.0. The summed E-state index contributed by atoms with van der Waals surface area (Å²) >= 11 is 0. The SMILES string of the molecule is NC(=O)CN1OC2C(=O)N(c3ccccc3)C(=O)C2C1c1ccc(O)c(O)c1. The van der Waals surface area contributed by atoms with E-state index in [1.165, 1.54) is 23.3 Å². The van der Waals surface area contributed by atoms with Crippen molar-refractivity contribution >= 4 is 23.4 Å². The molecule has 3 amide bonds. The minimum atomic E-state index is -1.12. The van der Waals surface area contributed by atoms with Gasteiger partial charge in [-0.25, -0.2) is 4.90 Å². The monoisotopic (exact) mass is 383 g/mol. The number of nitrogens with two attached hydrogens (primary N) is 1. The van der Waals surface area contributed by atoms with Crippen LogP contribution in [0.5, 0.6) is 11.5 Å². The maximum Gasteiger partial charge on any atom is 0.265 e. The number of para-hydroxylation sites is 1. The van der Waals surface area contributed by atoms with Gasteiger partial charge in [-0.1, -0.05) is 24.3 Å². The van der Waals surface area contributed by atoms with Gasteiger partial charge in [-0.2, -0.15) is 5.06 Å². The lowest BCUT2D eigenvalue weighted by Gasteiger charge is -2.26. The second kappa shape index (κ2) is 6.63. The van der Waals surface area contributed by atoms with E-state index in [0.29, 0.717) is 11.3 Å². The van der Waals surface area contributed by atoms with E-state index in [9.17, 15) is 24.6 Å². The Bertz CT molecular complexity index is 963. The Morgan fingerprint density at radius 3 is 2.39 bits per heavy atom. The summed E-state index contributed by atoms with van der Waals surface area (Å²) in [5, 5.41) is 20.6. The second-order valence-corrected chi connectivity index (χ2v) is 6.63. The third-order valence-corrected chi connectivity index (χ3v) is 4.86. The molecule has 2 fully saturated rings. The number of carbonyl (C=O) groups is 3. The first-order chi connectivity index (χ1) is 13.4. The highest BCUT2D eigenvalue weighted by molar-refractivity contribution is 6.23. The Kier molecular flexibility index (Phi) is 4.25. The van der Waals surface area contributed by atoms with Crippen LogP contribution in [0, 0.1) is 5.92 Å². The predicted molar refractivity (Wildman–Crippen MR) is 95.7 cm³/mol. The average molecular weight is 383 g/mol. The Balaban J connectivity index is 1.76. The van der Waals surface area contributed by atoms with Crippen LogP contribution in [0.25, 0.3) is 0 Å². The van der Waals surface area contributed by atoms with E-state index in [0.717, 1.165) is 4.90 Å². The largest absolute Gasteiger partial charge is 0.504 e. The molecule has 9 nitrogen and oxygen atoms in total. The van der Waals surface area contributed by atoms with E-state index in [2.05, 4.69) is 0 Å². The zero-order valence-electron chi connectivity index (χ0n) is 14.6. The second-order valence-electron chi connectivity index (χ2n) is 6.63. The van der Waals surface area contributed by atoms with Crippen molar-refractivity contribution in [2.45, 2.75) is 12.1 Å². The molecular formula is C19H17N3O6.